The van der Waals surface area contributed by atoms with Gasteiger partial charge in [0.1, 0.15) is 10.1 Å². The Morgan fingerprint density at radius 2 is 2.11 bits per heavy atom. The van der Waals surface area contributed by atoms with E-state index in [-0.39, 0.29) is 12.0 Å². The molecule has 3 nitrogen and oxygen atoms in total. The molecule has 18 heavy (non-hydrogen) atoms. The summed E-state index contributed by atoms with van der Waals surface area (Å²) in [7, 11) is 0. The summed E-state index contributed by atoms with van der Waals surface area (Å²) in [6, 6.07) is 7.63. The van der Waals surface area contributed by atoms with E-state index in [1.165, 1.54) is 11.8 Å². The summed E-state index contributed by atoms with van der Waals surface area (Å²) in [4.78, 5) is 12.2. The van der Waals surface area contributed by atoms with Crippen LogP contribution in [0.25, 0.3) is 6.08 Å². The Morgan fingerprint density at radius 1 is 1.39 bits per heavy atom. The molecule has 1 heterocycles. The highest BCUT2D eigenvalue weighted by Gasteiger charge is 2.22. The lowest BCUT2D eigenvalue weighted by molar-refractivity contribution is -0.115. The minimum absolute atomic E-state index is 0.0932. The summed E-state index contributed by atoms with van der Waals surface area (Å²) in [6.07, 6.45) is 1.90. The Hall–Kier alpha value is -1.33. The molecule has 1 saturated heterocycles. The molecule has 0 aromatic heterocycles. The van der Waals surface area contributed by atoms with Crippen LogP contribution in [-0.2, 0) is 4.79 Å². The van der Waals surface area contributed by atoms with Crippen molar-refractivity contribution in [3.05, 3.63) is 34.7 Å². The number of hydrogen-bond acceptors (Lipinski definition) is 4. The maximum atomic E-state index is 11.6. The molecule has 0 spiro atoms. The van der Waals surface area contributed by atoms with Gasteiger partial charge in [0.15, 0.2) is 0 Å². The zero-order valence-electron chi connectivity index (χ0n) is 10.1. The predicted octanol–water partition coefficient (Wildman–Crippen LogP) is 2.96. The number of carbonyl (C=O) groups is 1. The van der Waals surface area contributed by atoms with E-state index in [0.717, 1.165) is 11.3 Å². The second kappa shape index (κ2) is 5.54. The third kappa shape index (κ3) is 3.11. The molecule has 1 amide bonds. The maximum Gasteiger partial charge on any atom is 0.263 e. The number of thioether (sulfide) groups is 1. The van der Waals surface area contributed by atoms with Gasteiger partial charge in [-0.1, -0.05) is 42.2 Å². The highest BCUT2D eigenvalue weighted by molar-refractivity contribution is 8.26. The van der Waals surface area contributed by atoms with Crippen molar-refractivity contribution in [2.45, 2.75) is 20.0 Å². The Morgan fingerprint density at radius 3 is 2.72 bits per heavy atom. The number of benzene rings is 1. The number of rotatable bonds is 3. The van der Waals surface area contributed by atoms with Crippen molar-refractivity contribution in [2.75, 3.05) is 0 Å². The fourth-order valence-corrected chi connectivity index (χ4v) is 2.56. The molecule has 2 rings (SSSR count). The van der Waals surface area contributed by atoms with Crippen LogP contribution < -0.4 is 10.1 Å². The van der Waals surface area contributed by atoms with Crippen molar-refractivity contribution >= 4 is 40.3 Å². The average Bonchev–Trinajstić information content (AvgIpc) is 2.59. The second-order valence-electron chi connectivity index (χ2n) is 4.06. The first kappa shape index (κ1) is 13.1. The van der Waals surface area contributed by atoms with E-state index < -0.39 is 0 Å². The van der Waals surface area contributed by atoms with E-state index in [1.807, 2.05) is 38.1 Å². The number of amides is 1. The van der Waals surface area contributed by atoms with E-state index >= 15 is 0 Å². The normalized spacial score (nSPS) is 17.4. The fourth-order valence-electron chi connectivity index (χ4n) is 1.52. The Labute approximate surface area is 116 Å². The number of thiocarbonyl (C=S) groups is 1. The van der Waals surface area contributed by atoms with Gasteiger partial charge in [-0.15, -0.1) is 0 Å². The standard InChI is InChI=1S/C13H13NO2S2/c1-8(2)16-10-6-4-3-5-9(10)7-11-12(15)14-13(17)18-11/h3-8H,1-2H3,(H,14,15,17). The van der Waals surface area contributed by atoms with Gasteiger partial charge in [-0.05, 0) is 26.0 Å². The topological polar surface area (TPSA) is 38.3 Å². The number of ether oxygens (including phenoxy) is 1. The van der Waals surface area contributed by atoms with E-state index in [2.05, 4.69) is 5.32 Å². The number of para-hydroxylation sites is 1. The highest BCUT2D eigenvalue weighted by Crippen LogP contribution is 2.29. The van der Waals surface area contributed by atoms with Crippen LogP contribution in [0.1, 0.15) is 19.4 Å². The van der Waals surface area contributed by atoms with Crippen LogP contribution in [0.3, 0.4) is 0 Å². The zero-order valence-corrected chi connectivity index (χ0v) is 11.7. The summed E-state index contributed by atoms with van der Waals surface area (Å²) < 4.78 is 6.19. The molecule has 1 aromatic rings. The first-order valence-corrected chi connectivity index (χ1v) is 6.79. The molecule has 5 heteroatoms. The second-order valence-corrected chi connectivity index (χ2v) is 5.78. The van der Waals surface area contributed by atoms with Gasteiger partial charge in [0.2, 0.25) is 0 Å². The molecular formula is C13H13NO2S2. The van der Waals surface area contributed by atoms with Gasteiger partial charge in [-0.25, -0.2) is 0 Å². The third-order valence-electron chi connectivity index (χ3n) is 2.21. The molecule has 1 aliphatic heterocycles. The summed E-state index contributed by atoms with van der Waals surface area (Å²) >= 11 is 6.22. The molecule has 0 unspecified atom stereocenters. The fraction of sp³-hybridized carbons (Fsp3) is 0.231. The molecule has 1 fully saturated rings. The van der Waals surface area contributed by atoms with Gasteiger partial charge in [0.25, 0.3) is 5.91 Å². The summed E-state index contributed by atoms with van der Waals surface area (Å²) in [5.41, 5.74) is 0.883. The largest absolute Gasteiger partial charge is 0.490 e. The van der Waals surface area contributed by atoms with Gasteiger partial charge in [-0.3, -0.25) is 4.79 Å². The Bertz CT molecular complexity index is 523. The summed E-state index contributed by atoms with van der Waals surface area (Å²) in [5, 5.41) is 2.59. The van der Waals surface area contributed by atoms with Gasteiger partial charge >= 0.3 is 0 Å². The molecule has 0 atom stereocenters. The van der Waals surface area contributed by atoms with Crippen LogP contribution in [0.4, 0.5) is 0 Å². The molecule has 1 aliphatic rings. The predicted molar refractivity (Wildman–Crippen MR) is 78.5 cm³/mol. The first-order valence-electron chi connectivity index (χ1n) is 5.57. The molecule has 0 aliphatic carbocycles. The van der Waals surface area contributed by atoms with Crippen LogP contribution >= 0.6 is 24.0 Å². The first-order chi connectivity index (χ1) is 8.56. The minimum Gasteiger partial charge on any atom is -0.490 e. The smallest absolute Gasteiger partial charge is 0.263 e. The van der Waals surface area contributed by atoms with Crippen molar-refractivity contribution in [1.29, 1.82) is 0 Å². The minimum atomic E-state index is -0.149. The average molecular weight is 279 g/mol. The van der Waals surface area contributed by atoms with Crippen LogP contribution in [0.15, 0.2) is 29.2 Å². The van der Waals surface area contributed by atoms with E-state index in [1.54, 1.807) is 6.08 Å². The summed E-state index contributed by atoms with van der Waals surface area (Å²) in [5.74, 6) is 0.621. The summed E-state index contributed by atoms with van der Waals surface area (Å²) in [6.45, 7) is 3.94. The zero-order chi connectivity index (χ0) is 13.1. The van der Waals surface area contributed by atoms with Crippen LogP contribution in [0.2, 0.25) is 0 Å². The molecule has 0 saturated carbocycles. The molecule has 1 aromatic carbocycles. The van der Waals surface area contributed by atoms with Crippen molar-refractivity contribution in [2.24, 2.45) is 0 Å². The molecule has 1 N–H and O–H groups in total. The quantitative estimate of drug-likeness (QED) is 0.682. The van der Waals surface area contributed by atoms with Gasteiger partial charge in [-0.2, -0.15) is 0 Å². The van der Waals surface area contributed by atoms with Crippen LogP contribution in [0.5, 0.6) is 5.75 Å². The van der Waals surface area contributed by atoms with Crippen molar-refractivity contribution < 1.29 is 9.53 Å². The lowest BCUT2D eigenvalue weighted by Gasteiger charge is -2.12. The van der Waals surface area contributed by atoms with Gasteiger partial charge in [0, 0.05) is 5.56 Å². The van der Waals surface area contributed by atoms with E-state index in [0.29, 0.717) is 9.23 Å². The van der Waals surface area contributed by atoms with Crippen molar-refractivity contribution in [3.63, 3.8) is 0 Å². The van der Waals surface area contributed by atoms with Crippen LogP contribution in [0, 0.1) is 0 Å². The number of carbonyl (C=O) groups excluding carboxylic acids is 1. The maximum absolute atomic E-state index is 11.6. The lowest BCUT2D eigenvalue weighted by Crippen LogP contribution is -2.17. The number of nitrogens with one attached hydrogen (secondary N) is 1. The van der Waals surface area contributed by atoms with Crippen molar-refractivity contribution in [3.8, 4) is 5.75 Å². The molecule has 0 bridgehead atoms. The lowest BCUT2D eigenvalue weighted by atomic mass is 10.2. The van der Waals surface area contributed by atoms with E-state index in [9.17, 15) is 4.79 Å². The molecule has 94 valence electrons. The van der Waals surface area contributed by atoms with Gasteiger partial charge < -0.3 is 10.1 Å². The van der Waals surface area contributed by atoms with E-state index in [4.69, 9.17) is 17.0 Å². The highest BCUT2D eigenvalue weighted by atomic mass is 32.2. The van der Waals surface area contributed by atoms with Crippen molar-refractivity contribution in [1.82, 2.24) is 5.32 Å². The molecular weight excluding hydrogens is 266 g/mol. The van der Waals surface area contributed by atoms with Crippen LogP contribution in [-0.4, -0.2) is 16.3 Å². The molecule has 0 radical (unpaired) electrons. The SMILES string of the molecule is CC(C)Oc1ccccc1C=C1SC(=S)NC1=O. The monoisotopic (exact) mass is 279 g/mol. The number of hydrogen-bond donors (Lipinski definition) is 1. The Balaban J connectivity index is 2.31. The Kier molecular flexibility index (Phi) is 4.04. The van der Waals surface area contributed by atoms with Gasteiger partial charge in [0.05, 0.1) is 11.0 Å². The third-order valence-corrected chi connectivity index (χ3v) is 3.37.